The number of alkyl halides is 3. The van der Waals surface area contributed by atoms with Gasteiger partial charge in [-0.05, 0) is 30.3 Å². The van der Waals surface area contributed by atoms with Crippen LogP contribution in [0.5, 0.6) is 0 Å². The lowest BCUT2D eigenvalue weighted by Crippen LogP contribution is -2.17. The van der Waals surface area contributed by atoms with E-state index in [9.17, 15) is 13.2 Å². The highest BCUT2D eigenvalue weighted by atomic mass is 19.4. The van der Waals surface area contributed by atoms with Crippen LogP contribution in [-0.2, 0) is 6.18 Å². The van der Waals surface area contributed by atoms with Gasteiger partial charge in [0.2, 0.25) is 0 Å². The molecule has 0 amide bonds. The molecule has 1 aromatic heterocycles. The van der Waals surface area contributed by atoms with Crippen LogP contribution in [0.15, 0.2) is 102 Å². The smallest absolute Gasteiger partial charge is 0.383 e. The van der Waals surface area contributed by atoms with Crippen molar-refractivity contribution in [3.63, 3.8) is 0 Å². The van der Waals surface area contributed by atoms with Gasteiger partial charge in [0.1, 0.15) is 5.84 Å². The summed E-state index contributed by atoms with van der Waals surface area (Å²) in [6.07, 6.45) is -4.54. The second-order valence-electron chi connectivity index (χ2n) is 7.81. The van der Waals surface area contributed by atoms with Gasteiger partial charge in [-0.2, -0.15) is 13.2 Å². The van der Waals surface area contributed by atoms with Crippen molar-refractivity contribution in [1.82, 2.24) is 4.57 Å². The number of rotatable bonds is 3. The maximum absolute atomic E-state index is 13.7. The molecule has 0 bridgehead atoms. The molecule has 5 aromatic rings. The third-order valence-electron chi connectivity index (χ3n) is 5.70. The fourth-order valence-corrected chi connectivity index (χ4v) is 4.13. The first-order valence-electron chi connectivity index (χ1n) is 10.5. The number of aliphatic imine (C=N–C) groups is 1. The Morgan fingerprint density at radius 3 is 1.91 bits per heavy atom. The van der Waals surface area contributed by atoms with Gasteiger partial charge < -0.3 is 10.3 Å². The largest absolute Gasteiger partial charge is 0.416 e. The van der Waals surface area contributed by atoms with Gasteiger partial charge in [-0.25, -0.2) is 4.99 Å². The van der Waals surface area contributed by atoms with Gasteiger partial charge in [0, 0.05) is 21.9 Å². The van der Waals surface area contributed by atoms with Crippen molar-refractivity contribution >= 4 is 33.5 Å². The van der Waals surface area contributed by atoms with Crippen LogP contribution >= 0.6 is 0 Å². The number of hydrogen-bond donors (Lipinski definition) is 2. The van der Waals surface area contributed by atoms with E-state index < -0.39 is 11.7 Å². The van der Waals surface area contributed by atoms with Crippen LogP contribution in [0.2, 0.25) is 0 Å². The van der Waals surface area contributed by atoms with Crippen molar-refractivity contribution in [1.29, 1.82) is 5.41 Å². The number of benzene rings is 4. The quantitative estimate of drug-likeness (QED) is 0.235. The highest BCUT2D eigenvalue weighted by molar-refractivity contribution is 6.13. The molecular weight excluding hydrogens is 437 g/mol. The SMILES string of the molecule is N=C(/N=C(\N)c1ccccc1)c1ccc(C(F)(F)F)cc1-n1c2ccccc2c2ccccc21. The van der Waals surface area contributed by atoms with Gasteiger partial charge in [0.05, 0.1) is 22.3 Å². The zero-order valence-corrected chi connectivity index (χ0v) is 17.8. The molecule has 0 aliphatic carbocycles. The summed E-state index contributed by atoms with van der Waals surface area (Å²) < 4.78 is 42.8. The van der Waals surface area contributed by atoms with E-state index in [0.29, 0.717) is 5.56 Å². The Hall–Kier alpha value is -4.39. The molecule has 168 valence electrons. The van der Waals surface area contributed by atoms with Crippen molar-refractivity contribution in [2.75, 3.05) is 0 Å². The summed E-state index contributed by atoms with van der Waals surface area (Å²) in [6.45, 7) is 0. The van der Waals surface area contributed by atoms with E-state index in [1.54, 1.807) is 28.8 Å². The average molecular weight is 456 g/mol. The Balaban J connectivity index is 1.78. The first-order valence-corrected chi connectivity index (χ1v) is 10.5. The zero-order valence-electron chi connectivity index (χ0n) is 17.8. The normalized spacial score (nSPS) is 12.4. The molecule has 3 N–H and O–H groups in total. The third kappa shape index (κ3) is 3.71. The summed E-state index contributed by atoms with van der Waals surface area (Å²) in [5.41, 5.74) is 7.83. The topological polar surface area (TPSA) is 67.2 Å². The average Bonchev–Trinajstić information content (AvgIpc) is 3.18. The summed E-state index contributed by atoms with van der Waals surface area (Å²) >= 11 is 0. The molecule has 0 saturated heterocycles. The molecule has 34 heavy (non-hydrogen) atoms. The minimum atomic E-state index is -4.54. The van der Waals surface area contributed by atoms with Crippen LogP contribution in [0.4, 0.5) is 13.2 Å². The fourth-order valence-electron chi connectivity index (χ4n) is 4.13. The molecule has 0 unspecified atom stereocenters. The van der Waals surface area contributed by atoms with Crippen LogP contribution in [0.3, 0.4) is 0 Å². The number of halogens is 3. The molecule has 0 atom stereocenters. The number of hydrogen-bond acceptors (Lipinski definition) is 1. The van der Waals surface area contributed by atoms with E-state index in [-0.39, 0.29) is 22.9 Å². The van der Waals surface area contributed by atoms with Crippen LogP contribution in [-0.4, -0.2) is 16.2 Å². The molecular formula is C27H19F3N4. The first-order chi connectivity index (χ1) is 16.3. The standard InChI is InChI=1S/C27H19F3N4/c28-27(29,30)18-14-15-21(26(32)33-25(31)17-8-2-1-3-9-17)24(16-18)34-22-12-6-4-10-19(22)20-11-5-7-13-23(20)34/h1-16H,(H3,31,32,33). The van der Waals surface area contributed by atoms with Crippen LogP contribution in [0, 0.1) is 5.41 Å². The molecule has 0 fully saturated rings. The minimum Gasteiger partial charge on any atom is -0.383 e. The lowest BCUT2D eigenvalue weighted by molar-refractivity contribution is -0.137. The van der Waals surface area contributed by atoms with Crippen molar-refractivity contribution in [3.8, 4) is 5.69 Å². The monoisotopic (exact) mass is 456 g/mol. The third-order valence-corrected chi connectivity index (χ3v) is 5.70. The molecule has 0 aliphatic heterocycles. The van der Waals surface area contributed by atoms with Gasteiger partial charge in [0.25, 0.3) is 0 Å². The summed E-state index contributed by atoms with van der Waals surface area (Å²) in [5, 5.41) is 10.4. The molecule has 0 radical (unpaired) electrons. The number of nitrogens with zero attached hydrogens (tertiary/aromatic N) is 2. The Kier molecular flexibility index (Phi) is 5.17. The van der Waals surface area contributed by atoms with Gasteiger partial charge in [-0.1, -0.05) is 66.7 Å². The molecule has 1 heterocycles. The number of para-hydroxylation sites is 2. The molecule has 0 aliphatic rings. The highest BCUT2D eigenvalue weighted by Crippen LogP contribution is 2.36. The first kappa shape index (κ1) is 21.5. The molecule has 0 spiro atoms. The van der Waals surface area contributed by atoms with Gasteiger partial charge in [-0.3, -0.25) is 5.41 Å². The van der Waals surface area contributed by atoms with E-state index >= 15 is 0 Å². The summed E-state index contributed by atoms with van der Waals surface area (Å²) in [6, 6.07) is 27.3. The Labute approximate surface area is 193 Å². The van der Waals surface area contributed by atoms with Crippen LogP contribution in [0.1, 0.15) is 16.7 Å². The van der Waals surface area contributed by atoms with Gasteiger partial charge in [-0.15, -0.1) is 0 Å². The van der Waals surface area contributed by atoms with Crippen molar-refractivity contribution < 1.29 is 13.2 Å². The summed E-state index contributed by atoms with van der Waals surface area (Å²) in [4.78, 5) is 4.22. The van der Waals surface area contributed by atoms with Crippen LogP contribution < -0.4 is 5.73 Å². The number of fused-ring (bicyclic) bond motifs is 3. The summed E-state index contributed by atoms with van der Waals surface area (Å²) in [5.74, 6) is -0.120. The lowest BCUT2D eigenvalue weighted by atomic mass is 10.1. The van der Waals surface area contributed by atoms with E-state index in [1.807, 2.05) is 54.6 Å². The second-order valence-corrected chi connectivity index (χ2v) is 7.81. The van der Waals surface area contributed by atoms with Crippen molar-refractivity contribution in [2.24, 2.45) is 10.7 Å². The van der Waals surface area contributed by atoms with Crippen LogP contribution in [0.25, 0.3) is 27.5 Å². The zero-order chi connectivity index (χ0) is 23.9. The Morgan fingerprint density at radius 2 is 1.32 bits per heavy atom. The number of amidine groups is 2. The minimum absolute atomic E-state index is 0.110. The second kappa shape index (κ2) is 8.19. The predicted molar refractivity (Wildman–Crippen MR) is 130 cm³/mol. The van der Waals surface area contributed by atoms with Gasteiger partial charge >= 0.3 is 6.18 Å². The number of aromatic nitrogens is 1. The van der Waals surface area contributed by atoms with Crippen molar-refractivity contribution in [2.45, 2.75) is 6.18 Å². The maximum Gasteiger partial charge on any atom is 0.416 e. The number of nitrogens with one attached hydrogen (secondary N) is 1. The molecule has 5 rings (SSSR count). The van der Waals surface area contributed by atoms with Gasteiger partial charge in [0.15, 0.2) is 5.84 Å². The lowest BCUT2D eigenvalue weighted by Gasteiger charge is -2.16. The number of nitrogens with two attached hydrogens (primary N) is 1. The Morgan fingerprint density at radius 1 is 0.765 bits per heavy atom. The molecule has 0 saturated carbocycles. The highest BCUT2D eigenvalue weighted by Gasteiger charge is 2.32. The van der Waals surface area contributed by atoms with E-state index in [2.05, 4.69) is 4.99 Å². The van der Waals surface area contributed by atoms with E-state index in [4.69, 9.17) is 11.1 Å². The summed E-state index contributed by atoms with van der Waals surface area (Å²) in [7, 11) is 0. The maximum atomic E-state index is 13.7. The predicted octanol–water partition coefficient (Wildman–Crippen LogP) is 6.53. The molecule has 4 nitrogen and oxygen atoms in total. The van der Waals surface area contributed by atoms with Crippen molar-refractivity contribution in [3.05, 3.63) is 114 Å². The van der Waals surface area contributed by atoms with E-state index in [0.717, 1.165) is 33.9 Å². The van der Waals surface area contributed by atoms with E-state index in [1.165, 1.54) is 6.07 Å². The fraction of sp³-hybridized carbons (Fsp3) is 0.0370. The Bertz CT molecular complexity index is 1510. The molecule has 7 heteroatoms. The molecule has 4 aromatic carbocycles.